The monoisotopic (exact) mass is 416 g/mol. The first-order valence-electron chi connectivity index (χ1n) is 9.25. The van der Waals surface area contributed by atoms with Gasteiger partial charge in [-0.25, -0.2) is 9.59 Å². The molecule has 0 saturated carbocycles. The Labute approximate surface area is 171 Å². The molecule has 0 aliphatic carbocycles. The third-order valence-electron chi connectivity index (χ3n) is 3.27. The van der Waals surface area contributed by atoms with E-state index in [2.05, 4.69) is 0 Å². The molecule has 0 saturated heterocycles. The highest BCUT2D eigenvalue weighted by Crippen LogP contribution is 2.10. The van der Waals surface area contributed by atoms with E-state index >= 15 is 0 Å². The lowest BCUT2D eigenvalue weighted by atomic mass is 10.2. The summed E-state index contributed by atoms with van der Waals surface area (Å²) in [6.07, 6.45) is -1.26. The Bertz CT molecular complexity index is 600. The van der Waals surface area contributed by atoms with Crippen LogP contribution in [0.1, 0.15) is 48.0 Å². The number of carbonyl (C=O) groups excluding carboxylic acids is 3. The molecule has 9 nitrogen and oxygen atoms in total. The fourth-order valence-corrected chi connectivity index (χ4v) is 1.86. The van der Waals surface area contributed by atoms with E-state index in [-0.39, 0.29) is 6.42 Å². The standard InChI is InChI=1S/C20H32O9/c1-12(27-17(24)9-7-15(23)13(2)21)11-19(26)28-16(14(3)22)8-10-18(25)29-20(4,5)6/h7-10,12-16,21-23H,11H2,1-6H3/b9-7+,10-8+/t12-,13-,14-,15+,16+/m0/s1. The van der Waals surface area contributed by atoms with Gasteiger partial charge in [0.1, 0.15) is 17.8 Å². The predicted octanol–water partition coefficient (Wildman–Crippen LogP) is 0.797. The van der Waals surface area contributed by atoms with Crippen LogP contribution < -0.4 is 0 Å². The number of aliphatic hydroxyl groups is 3. The van der Waals surface area contributed by atoms with Crippen LogP contribution in [-0.4, -0.2) is 69.3 Å². The molecule has 0 amide bonds. The van der Waals surface area contributed by atoms with Gasteiger partial charge in [-0.3, -0.25) is 4.79 Å². The average molecular weight is 416 g/mol. The van der Waals surface area contributed by atoms with E-state index in [1.54, 1.807) is 20.8 Å². The first-order valence-corrected chi connectivity index (χ1v) is 9.25. The van der Waals surface area contributed by atoms with Crippen molar-refractivity contribution >= 4 is 17.9 Å². The molecule has 0 unspecified atom stereocenters. The van der Waals surface area contributed by atoms with E-state index in [9.17, 15) is 24.6 Å². The van der Waals surface area contributed by atoms with Crippen LogP contribution in [-0.2, 0) is 28.6 Å². The maximum Gasteiger partial charge on any atom is 0.331 e. The molecule has 0 spiro atoms. The summed E-state index contributed by atoms with van der Waals surface area (Å²) in [4.78, 5) is 35.3. The Morgan fingerprint density at radius 1 is 0.862 bits per heavy atom. The van der Waals surface area contributed by atoms with Gasteiger partial charge in [-0.2, -0.15) is 0 Å². The smallest absolute Gasteiger partial charge is 0.331 e. The SMILES string of the molecule is C[C@H](O)[C@H](O)/C=C/C(=O)O[C@@H](C)CC(=O)O[C@H](/C=C/C(=O)OC(C)(C)C)[C@H](C)O. The zero-order valence-electron chi connectivity index (χ0n) is 17.7. The molecule has 0 heterocycles. The van der Waals surface area contributed by atoms with Crippen molar-refractivity contribution in [2.24, 2.45) is 0 Å². The molecular formula is C20H32O9. The fraction of sp³-hybridized carbons (Fsp3) is 0.650. The Morgan fingerprint density at radius 2 is 1.41 bits per heavy atom. The minimum absolute atomic E-state index is 0.290. The van der Waals surface area contributed by atoms with Crippen molar-refractivity contribution in [2.45, 2.75) is 84.1 Å². The number of hydrogen-bond acceptors (Lipinski definition) is 9. The zero-order chi connectivity index (χ0) is 22.8. The summed E-state index contributed by atoms with van der Waals surface area (Å²) in [5.41, 5.74) is -0.683. The summed E-state index contributed by atoms with van der Waals surface area (Å²) >= 11 is 0. The Morgan fingerprint density at radius 3 is 1.90 bits per heavy atom. The molecule has 0 aromatic rings. The van der Waals surface area contributed by atoms with Crippen LogP contribution in [0, 0.1) is 0 Å². The number of aliphatic hydroxyl groups excluding tert-OH is 3. The maximum absolute atomic E-state index is 12.0. The largest absolute Gasteiger partial charge is 0.459 e. The Kier molecular flexibility index (Phi) is 11.4. The van der Waals surface area contributed by atoms with Crippen LogP contribution in [0.3, 0.4) is 0 Å². The molecular weight excluding hydrogens is 384 g/mol. The van der Waals surface area contributed by atoms with Gasteiger partial charge in [0.2, 0.25) is 0 Å². The first kappa shape index (κ1) is 26.8. The van der Waals surface area contributed by atoms with Gasteiger partial charge in [-0.1, -0.05) is 0 Å². The number of rotatable bonds is 10. The van der Waals surface area contributed by atoms with Gasteiger partial charge < -0.3 is 29.5 Å². The molecule has 3 N–H and O–H groups in total. The topological polar surface area (TPSA) is 140 Å². The van der Waals surface area contributed by atoms with Gasteiger partial charge in [0.05, 0.1) is 24.7 Å². The lowest BCUT2D eigenvalue weighted by Gasteiger charge is -2.20. The summed E-state index contributed by atoms with van der Waals surface area (Å²) < 4.78 is 15.2. The quantitative estimate of drug-likeness (QED) is 0.268. The summed E-state index contributed by atoms with van der Waals surface area (Å²) in [6.45, 7) is 9.32. The predicted molar refractivity (Wildman–Crippen MR) is 104 cm³/mol. The fourth-order valence-electron chi connectivity index (χ4n) is 1.86. The van der Waals surface area contributed by atoms with Crippen LogP contribution >= 0.6 is 0 Å². The first-order chi connectivity index (χ1) is 13.2. The van der Waals surface area contributed by atoms with Gasteiger partial charge in [-0.05, 0) is 53.7 Å². The molecule has 0 aromatic heterocycles. The van der Waals surface area contributed by atoms with Crippen molar-refractivity contribution in [3.63, 3.8) is 0 Å². The van der Waals surface area contributed by atoms with Crippen molar-refractivity contribution < 1.29 is 43.9 Å². The number of esters is 3. The van der Waals surface area contributed by atoms with Gasteiger partial charge in [0, 0.05) is 12.2 Å². The van der Waals surface area contributed by atoms with Gasteiger partial charge >= 0.3 is 17.9 Å². The van der Waals surface area contributed by atoms with Crippen LogP contribution in [0.2, 0.25) is 0 Å². The third-order valence-corrected chi connectivity index (χ3v) is 3.27. The molecule has 166 valence electrons. The van der Waals surface area contributed by atoms with Crippen molar-refractivity contribution in [3.8, 4) is 0 Å². The molecule has 29 heavy (non-hydrogen) atoms. The second kappa shape index (κ2) is 12.4. The Balaban J connectivity index is 4.65. The molecule has 0 aliphatic heterocycles. The highest BCUT2D eigenvalue weighted by atomic mass is 16.6. The maximum atomic E-state index is 12.0. The normalized spacial score (nSPS) is 17.4. The highest BCUT2D eigenvalue weighted by molar-refractivity contribution is 5.83. The van der Waals surface area contributed by atoms with Crippen molar-refractivity contribution in [3.05, 3.63) is 24.3 Å². The van der Waals surface area contributed by atoms with Gasteiger partial charge in [0.15, 0.2) is 0 Å². The Hall–Kier alpha value is -2.23. The molecule has 0 aliphatic rings. The summed E-state index contributed by atoms with van der Waals surface area (Å²) in [6, 6.07) is 0. The average Bonchev–Trinajstić information content (AvgIpc) is 2.54. The molecule has 0 rings (SSSR count). The number of ether oxygens (including phenoxy) is 3. The highest BCUT2D eigenvalue weighted by Gasteiger charge is 2.21. The minimum atomic E-state index is -1.22. The van der Waals surface area contributed by atoms with E-state index in [4.69, 9.17) is 19.3 Å². The second-order valence-electron chi connectivity index (χ2n) is 7.63. The molecule has 0 bridgehead atoms. The number of hydrogen-bond donors (Lipinski definition) is 3. The minimum Gasteiger partial charge on any atom is -0.459 e. The van der Waals surface area contributed by atoms with Crippen molar-refractivity contribution in [1.29, 1.82) is 0 Å². The van der Waals surface area contributed by atoms with Crippen LogP contribution in [0.15, 0.2) is 24.3 Å². The van der Waals surface area contributed by atoms with Crippen LogP contribution in [0.5, 0.6) is 0 Å². The number of carbonyl (C=O) groups is 3. The second-order valence-corrected chi connectivity index (χ2v) is 7.63. The zero-order valence-corrected chi connectivity index (χ0v) is 17.7. The van der Waals surface area contributed by atoms with Crippen molar-refractivity contribution in [2.75, 3.05) is 0 Å². The van der Waals surface area contributed by atoms with E-state index in [0.717, 1.165) is 18.2 Å². The molecule has 9 heteroatoms. The molecule has 0 aromatic carbocycles. The lowest BCUT2D eigenvalue weighted by molar-refractivity contribution is -0.157. The van der Waals surface area contributed by atoms with Crippen molar-refractivity contribution in [1.82, 2.24) is 0 Å². The third kappa shape index (κ3) is 13.6. The van der Waals surface area contributed by atoms with E-state index < -0.39 is 54.0 Å². The summed E-state index contributed by atoms with van der Waals surface area (Å²) in [5, 5.41) is 28.2. The molecule has 0 fully saturated rings. The summed E-state index contributed by atoms with van der Waals surface area (Å²) in [5.74, 6) is -2.20. The van der Waals surface area contributed by atoms with Crippen LogP contribution in [0.4, 0.5) is 0 Å². The summed E-state index contributed by atoms with van der Waals surface area (Å²) in [7, 11) is 0. The van der Waals surface area contributed by atoms with Gasteiger partial charge in [0.25, 0.3) is 0 Å². The van der Waals surface area contributed by atoms with E-state index in [1.807, 2.05) is 0 Å². The molecule has 0 radical (unpaired) electrons. The van der Waals surface area contributed by atoms with E-state index in [0.29, 0.717) is 0 Å². The van der Waals surface area contributed by atoms with E-state index in [1.165, 1.54) is 26.8 Å². The van der Waals surface area contributed by atoms with Crippen LogP contribution in [0.25, 0.3) is 0 Å². The van der Waals surface area contributed by atoms with Gasteiger partial charge in [-0.15, -0.1) is 0 Å². The lowest BCUT2D eigenvalue weighted by Crippen LogP contribution is -2.30. The molecule has 5 atom stereocenters.